The van der Waals surface area contributed by atoms with Crippen LogP contribution in [-0.2, 0) is 11.2 Å². The molecule has 0 spiro atoms. The van der Waals surface area contributed by atoms with Gasteiger partial charge >= 0.3 is 5.97 Å². The lowest BCUT2D eigenvalue weighted by Crippen LogP contribution is -2.43. The first kappa shape index (κ1) is 23.1. The minimum atomic E-state index is -1.18. The first-order chi connectivity index (χ1) is 15.3. The van der Waals surface area contributed by atoms with Crippen LogP contribution in [0.25, 0.3) is 11.1 Å². The van der Waals surface area contributed by atoms with Crippen molar-refractivity contribution in [3.8, 4) is 11.1 Å². The van der Waals surface area contributed by atoms with Crippen molar-refractivity contribution in [1.29, 1.82) is 0 Å². The maximum absolute atomic E-state index is 12.6. The molecule has 0 radical (unpaired) electrons. The molecular weight excluding hydrogens is 408 g/mol. The summed E-state index contributed by atoms with van der Waals surface area (Å²) in [6.45, 7) is 3.40. The standard InChI is InChI=1S/C24H28N4O4/c1-16-5-3-4-6-20(16)18-9-7-17(8-10-18)13-19(14-24(2,11-12-29)23(31)32)26-22(30)21-15-25-28-27-21/h3-10,15,19,29H,11-14H2,1-2H3,(H,26,30)(H,31,32)(H,25,27,28)/t19-,24?/m1/s1. The van der Waals surface area contributed by atoms with Gasteiger partial charge in [0.1, 0.15) is 0 Å². The number of benzene rings is 2. The fourth-order valence-corrected chi connectivity index (χ4v) is 3.83. The van der Waals surface area contributed by atoms with Crippen molar-refractivity contribution in [2.24, 2.45) is 5.41 Å². The van der Waals surface area contributed by atoms with Crippen molar-refractivity contribution in [2.45, 2.75) is 39.2 Å². The van der Waals surface area contributed by atoms with Gasteiger partial charge in [0.15, 0.2) is 5.69 Å². The van der Waals surface area contributed by atoms with Crippen LogP contribution in [-0.4, -0.2) is 50.1 Å². The molecule has 0 aliphatic rings. The van der Waals surface area contributed by atoms with Gasteiger partial charge in [0.25, 0.3) is 5.91 Å². The Kier molecular flexibility index (Phi) is 7.37. The molecule has 1 aromatic heterocycles. The highest BCUT2D eigenvalue weighted by atomic mass is 16.4. The van der Waals surface area contributed by atoms with Gasteiger partial charge in [-0.3, -0.25) is 9.59 Å². The Morgan fingerprint density at radius 1 is 1.16 bits per heavy atom. The van der Waals surface area contributed by atoms with Crippen LogP contribution in [0.2, 0.25) is 0 Å². The molecule has 3 aromatic rings. The quantitative estimate of drug-likeness (QED) is 0.387. The number of H-pyrrole nitrogens is 1. The molecule has 2 atom stereocenters. The third-order valence-electron chi connectivity index (χ3n) is 5.75. The number of aryl methyl sites for hydroxylation is 1. The SMILES string of the molecule is Cc1ccccc1-c1ccc(C[C@H](CC(C)(CCO)C(=O)O)NC(=O)c2cn[nH]n2)cc1. The zero-order valence-corrected chi connectivity index (χ0v) is 18.2. The third kappa shape index (κ3) is 5.59. The molecule has 8 heteroatoms. The van der Waals surface area contributed by atoms with Crippen molar-refractivity contribution in [1.82, 2.24) is 20.7 Å². The Hall–Kier alpha value is -3.52. The number of aliphatic hydroxyl groups excluding tert-OH is 1. The van der Waals surface area contributed by atoms with E-state index in [1.165, 1.54) is 11.8 Å². The number of hydrogen-bond donors (Lipinski definition) is 4. The van der Waals surface area contributed by atoms with E-state index in [1.54, 1.807) is 6.92 Å². The number of carbonyl (C=O) groups excluding carboxylic acids is 1. The number of nitrogens with one attached hydrogen (secondary N) is 2. The van der Waals surface area contributed by atoms with Crippen LogP contribution >= 0.6 is 0 Å². The first-order valence-corrected chi connectivity index (χ1v) is 10.5. The number of rotatable bonds is 10. The van der Waals surface area contributed by atoms with Crippen LogP contribution < -0.4 is 5.32 Å². The Morgan fingerprint density at radius 2 is 1.88 bits per heavy atom. The summed E-state index contributed by atoms with van der Waals surface area (Å²) >= 11 is 0. The Bertz CT molecular complexity index is 1050. The summed E-state index contributed by atoms with van der Waals surface area (Å²) < 4.78 is 0. The van der Waals surface area contributed by atoms with Crippen molar-refractivity contribution in [3.05, 3.63) is 71.5 Å². The highest BCUT2D eigenvalue weighted by Gasteiger charge is 2.36. The third-order valence-corrected chi connectivity index (χ3v) is 5.75. The topological polar surface area (TPSA) is 128 Å². The molecule has 8 nitrogen and oxygen atoms in total. The minimum absolute atomic E-state index is 0.0882. The minimum Gasteiger partial charge on any atom is -0.481 e. The summed E-state index contributed by atoms with van der Waals surface area (Å²) in [6, 6.07) is 15.7. The van der Waals surface area contributed by atoms with Crippen molar-refractivity contribution in [2.75, 3.05) is 6.61 Å². The molecule has 0 bridgehead atoms. The normalized spacial score (nSPS) is 13.8. The highest BCUT2D eigenvalue weighted by molar-refractivity contribution is 5.92. The second-order valence-corrected chi connectivity index (χ2v) is 8.29. The molecule has 0 saturated carbocycles. The van der Waals surface area contributed by atoms with Crippen LogP contribution in [0, 0.1) is 12.3 Å². The molecular formula is C24H28N4O4. The molecule has 0 fully saturated rings. The molecule has 2 aromatic carbocycles. The molecule has 168 valence electrons. The van der Waals surface area contributed by atoms with Crippen LogP contribution in [0.15, 0.2) is 54.7 Å². The van der Waals surface area contributed by atoms with Crippen LogP contribution in [0.4, 0.5) is 0 Å². The predicted molar refractivity (Wildman–Crippen MR) is 120 cm³/mol. The van der Waals surface area contributed by atoms with E-state index in [0.717, 1.165) is 16.7 Å². The number of hydrogen-bond acceptors (Lipinski definition) is 5. The maximum atomic E-state index is 12.6. The van der Waals surface area contributed by atoms with Gasteiger partial charge in [0.2, 0.25) is 0 Å². The monoisotopic (exact) mass is 436 g/mol. The van der Waals surface area contributed by atoms with Gasteiger partial charge in [0, 0.05) is 12.6 Å². The van der Waals surface area contributed by atoms with Gasteiger partial charge in [0.05, 0.1) is 11.6 Å². The number of carboxylic acids is 1. The number of nitrogens with zero attached hydrogens (tertiary/aromatic N) is 2. The molecule has 1 heterocycles. The summed E-state index contributed by atoms with van der Waals surface area (Å²) in [5, 5.41) is 31.8. The number of aromatic nitrogens is 3. The summed E-state index contributed by atoms with van der Waals surface area (Å²) in [5.74, 6) is -1.45. The zero-order chi connectivity index (χ0) is 23.1. The van der Waals surface area contributed by atoms with E-state index < -0.39 is 23.3 Å². The zero-order valence-electron chi connectivity index (χ0n) is 18.2. The molecule has 0 aliphatic carbocycles. The molecule has 0 aliphatic heterocycles. The Morgan fingerprint density at radius 3 is 2.47 bits per heavy atom. The number of aromatic amines is 1. The Balaban J connectivity index is 1.82. The lowest BCUT2D eigenvalue weighted by atomic mass is 9.79. The lowest BCUT2D eigenvalue weighted by molar-refractivity contribution is -0.149. The summed E-state index contributed by atoms with van der Waals surface area (Å²) in [4.78, 5) is 24.5. The van der Waals surface area contributed by atoms with E-state index in [0.29, 0.717) is 6.42 Å². The Labute approximate surface area is 186 Å². The molecule has 1 amide bonds. The molecule has 4 N–H and O–H groups in total. The number of carboxylic acid groups (broad SMARTS) is 1. The lowest BCUT2D eigenvalue weighted by Gasteiger charge is -2.29. The first-order valence-electron chi connectivity index (χ1n) is 10.5. The van der Waals surface area contributed by atoms with E-state index in [-0.39, 0.29) is 25.1 Å². The molecule has 0 saturated heterocycles. The van der Waals surface area contributed by atoms with Gasteiger partial charge in [-0.05, 0) is 55.4 Å². The van der Waals surface area contributed by atoms with Gasteiger partial charge in [-0.25, -0.2) is 0 Å². The molecule has 1 unspecified atom stereocenters. The smallest absolute Gasteiger partial charge is 0.309 e. The summed E-state index contributed by atoms with van der Waals surface area (Å²) in [5.41, 5.74) is 3.33. The van der Waals surface area contributed by atoms with Crippen LogP contribution in [0.3, 0.4) is 0 Å². The van der Waals surface area contributed by atoms with Crippen LogP contribution in [0.1, 0.15) is 41.4 Å². The maximum Gasteiger partial charge on any atom is 0.309 e. The van der Waals surface area contributed by atoms with Crippen molar-refractivity contribution >= 4 is 11.9 Å². The fourth-order valence-electron chi connectivity index (χ4n) is 3.83. The number of amides is 1. The largest absolute Gasteiger partial charge is 0.481 e. The second-order valence-electron chi connectivity index (χ2n) is 8.29. The van der Waals surface area contributed by atoms with E-state index in [2.05, 4.69) is 39.8 Å². The van der Waals surface area contributed by atoms with Gasteiger partial charge < -0.3 is 15.5 Å². The van der Waals surface area contributed by atoms with E-state index in [4.69, 9.17) is 0 Å². The van der Waals surface area contributed by atoms with Crippen LogP contribution in [0.5, 0.6) is 0 Å². The molecule has 3 rings (SSSR count). The van der Waals surface area contributed by atoms with E-state index in [9.17, 15) is 19.8 Å². The van der Waals surface area contributed by atoms with Gasteiger partial charge in [-0.15, -0.1) is 0 Å². The van der Waals surface area contributed by atoms with E-state index >= 15 is 0 Å². The predicted octanol–water partition coefficient (Wildman–Crippen LogP) is 2.98. The number of carbonyl (C=O) groups is 2. The average molecular weight is 437 g/mol. The van der Waals surface area contributed by atoms with Crippen molar-refractivity contribution in [3.63, 3.8) is 0 Å². The summed E-state index contributed by atoms with van der Waals surface area (Å²) in [7, 11) is 0. The highest BCUT2D eigenvalue weighted by Crippen LogP contribution is 2.30. The molecule has 32 heavy (non-hydrogen) atoms. The average Bonchev–Trinajstić information content (AvgIpc) is 3.30. The summed E-state index contributed by atoms with van der Waals surface area (Å²) in [6.07, 6.45) is 2.00. The second kappa shape index (κ2) is 10.2. The fraction of sp³-hybridized carbons (Fsp3) is 0.333. The van der Waals surface area contributed by atoms with Gasteiger partial charge in [-0.2, -0.15) is 15.4 Å². The number of aliphatic carboxylic acids is 1. The van der Waals surface area contributed by atoms with Crippen molar-refractivity contribution < 1.29 is 19.8 Å². The number of aliphatic hydroxyl groups is 1. The van der Waals surface area contributed by atoms with Gasteiger partial charge in [-0.1, -0.05) is 48.5 Å². The van der Waals surface area contributed by atoms with E-state index in [1.807, 2.05) is 36.4 Å².